The van der Waals surface area contributed by atoms with E-state index < -0.39 is 29.8 Å². The Morgan fingerprint density at radius 3 is 2.17 bits per heavy atom. The molecule has 0 fully saturated rings. The van der Waals surface area contributed by atoms with E-state index in [0.717, 1.165) is 0 Å². The Labute approximate surface area is 137 Å². The standard InChI is InChI=1S/C14H25BN4O4/c1-4-10(20)9(6-5-7-17-14(16)23)18-12(21)11(8(2)3)19-13(15)22/h8-9,11H,4-7H2,1-3H3,(H,18,21)(H,19,22)(H3,16,17,23)/t9-,11-/m0/s1. The molecule has 0 saturated heterocycles. The quantitative estimate of drug-likeness (QED) is 0.327. The largest absolute Gasteiger partial charge is 0.354 e. The van der Waals surface area contributed by atoms with Crippen LogP contribution in [0.5, 0.6) is 0 Å². The predicted octanol–water partition coefficient (Wildman–Crippen LogP) is -0.198. The molecule has 5 N–H and O–H groups in total. The van der Waals surface area contributed by atoms with E-state index in [9.17, 15) is 19.2 Å². The Bertz CT molecular complexity index is 442. The Morgan fingerprint density at radius 2 is 1.74 bits per heavy atom. The third-order valence-electron chi connectivity index (χ3n) is 3.27. The second-order valence-corrected chi connectivity index (χ2v) is 5.54. The van der Waals surface area contributed by atoms with Crippen molar-refractivity contribution in [3.05, 3.63) is 0 Å². The van der Waals surface area contributed by atoms with Gasteiger partial charge in [-0.3, -0.25) is 14.4 Å². The number of nitrogens with one attached hydrogen (secondary N) is 3. The van der Waals surface area contributed by atoms with Crippen LogP contribution in [0.1, 0.15) is 40.0 Å². The summed E-state index contributed by atoms with van der Waals surface area (Å²) in [6.07, 6.45) is 1.11. The van der Waals surface area contributed by atoms with Gasteiger partial charge < -0.3 is 21.7 Å². The number of hydrogen-bond donors (Lipinski definition) is 4. The van der Waals surface area contributed by atoms with Crippen LogP contribution in [0, 0.1) is 5.92 Å². The Morgan fingerprint density at radius 1 is 1.13 bits per heavy atom. The van der Waals surface area contributed by atoms with Gasteiger partial charge in [0, 0.05) is 13.0 Å². The topological polar surface area (TPSA) is 130 Å². The number of primary amides is 1. The van der Waals surface area contributed by atoms with Crippen LogP contribution in [0.3, 0.4) is 0 Å². The highest BCUT2D eigenvalue weighted by molar-refractivity contribution is 6.57. The zero-order valence-corrected chi connectivity index (χ0v) is 13.8. The number of urea groups is 1. The summed E-state index contributed by atoms with van der Waals surface area (Å²) >= 11 is 0. The summed E-state index contributed by atoms with van der Waals surface area (Å²) in [5.41, 5.74) is 4.96. The first-order valence-corrected chi connectivity index (χ1v) is 7.61. The number of nitrogens with two attached hydrogens (primary N) is 1. The summed E-state index contributed by atoms with van der Waals surface area (Å²) in [6, 6.07) is -2.14. The highest BCUT2D eigenvalue weighted by atomic mass is 16.2. The number of Topliss-reactive ketones (excluding diaryl/α,β-unsaturated/α-hetero) is 1. The van der Waals surface area contributed by atoms with Crippen LogP contribution < -0.4 is 21.7 Å². The molecule has 0 spiro atoms. The molecule has 0 bridgehead atoms. The van der Waals surface area contributed by atoms with Gasteiger partial charge in [0.25, 0.3) is 0 Å². The second kappa shape index (κ2) is 10.6. The first-order chi connectivity index (χ1) is 10.7. The lowest BCUT2D eigenvalue weighted by atomic mass is 9.99. The number of carbonyl (C=O) groups excluding carboxylic acids is 4. The molecule has 0 aromatic heterocycles. The molecule has 2 radical (unpaired) electrons. The first kappa shape index (κ1) is 20.9. The van der Waals surface area contributed by atoms with Gasteiger partial charge in [0.2, 0.25) is 13.8 Å². The average molecular weight is 324 g/mol. The molecular formula is C14H25BN4O4. The Balaban J connectivity index is 4.72. The zero-order chi connectivity index (χ0) is 18.0. The van der Waals surface area contributed by atoms with Gasteiger partial charge in [-0.05, 0) is 18.8 Å². The molecule has 0 heterocycles. The molecule has 0 unspecified atom stereocenters. The van der Waals surface area contributed by atoms with Crippen molar-refractivity contribution in [1.29, 1.82) is 0 Å². The predicted molar refractivity (Wildman–Crippen MR) is 87.0 cm³/mol. The Kier molecular flexibility index (Phi) is 9.68. The number of carbonyl (C=O) groups is 4. The van der Waals surface area contributed by atoms with Crippen LogP contribution in [-0.4, -0.2) is 50.0 Å². The van der Waals surface area contributed by atoms with E-state index in [2.05, 4.69) is 16.0 Å². The molecule has 0 aliphatic rings. The minimum Gasteiger partial charge on any atom is -0.354 e. The normalized spacial score (nSPS) is 13.0. The van der Waals surface area contributed by atoms with Crippen molar-refractivity contribution >= 4 is 31.4 Å². The maximum absolute atomic E-state index is 12.3. The molecule has 128 valence electrons. The summed E-state index contributed by atoms with van der Waals surface area (Å²) in [5.74, 6) is -1.58. The lowest BCUT2D eigenvalue weighted by molar-refractivity contribution is -0.129. The molecule has 0 saturated carbocycles. The summed E-state index contributed by atoms with van der Waals surface area (Å²) in [7, 11) is 5.06. The van der Waals surface area contributed by atoms with E-state index in [4.69, 9.17) is 13.6 Å². The monoisotopic (exact) mass is 324 g/mol. The second-order valence-electron chi connectivity index (χ2n) is 5.54. The summed E-state index contributed by atoms with van der Waals surface area (Å²) in [6.45, 7) is 5.53. The fourth-order valence-corrected chi connectivity index (χ4v) is 2.03. The molecule has 9 heteroatoms. The summed E-state index contributed by atoms with van der Waals surface area (Å²) in [4.78, 5) is 45.8. The fourth-order valence-electron chi connectivity index (χ4n) is 2.03. The van der Waals surface area contributed by atoms with Gasteiger partial charge in [0.15, 0.2) is 11.6 Å². The SMILES string of the molecule is [B]C(=O)N[C@H](C(=O)N[C@@H](CCCNC(N)=O)C(=O)CC)C(C)C. The molecule has 0 aliphatic heterocycles. The van der Waals surface area contributed by atoms with Gasteiger partial charge in [0.1, 0.15) is 6.04 Å². The van der Waals surface area contributed by atoms with Gasteiger partial charge in [-0.1, -0.05) is 20.8 Å². The molecule has 8 nitrogen and oxygen atoms in total. The van der Waals surface area contributed by atoms with Crippen molar-refractivity contribution < 1.29 is 19.2 Å². The van der Waals surface area contributed by atoms with E-state index >= 15 is 0 Å². The lowest BCUT2D eigenvalue weighted by Crippen LogP contribution is -2.53. The lowest BCUT2D eigenvalue weighted by Gasteiger charge is -2.24. The molecule has 0 rings (SSSR count). The number of rotatable bonds is 10. The number of hydrogen-bond acceptors (Lipinski definition) is 4. The van der Waals surface area contributed by atoms with Crippen molar-refractivity contribution in [1.82, 2.24) is 16.0 Å². The molecule has 4 amide bonds. The van der Waals surface area contributed by atoms with Crippen LogP contribution in [0.15, 0.2) is 0 Å². The summed E-state index contributed by atoms with van der Waals surface area (Å²) < 4.78 is 0. The van der Waals surface area contributed by atoms with E-state index in [1.165, 1.54) is 0 Å². The molecule has 0 aromatic rings. The van der Waals surface area contributed by atoms with Crippen molar-refractivity contribution in [2.24, 2.45) is 11.7 Å². The van der Waals surface area contributed by atoms with Crippen molar-refractivity contribution in [3.8, 4) is 0 Å². The van der Waals surface area contributed by atoms with Gasteiger partial charge in [0.05, 0.1) is 6.04 Å². The van der Waals surface area contributed by atoms with Crippen LogP contribution in [0.25, 0.3) is 0 Å². The zero-order valence-electron chi connectivity index (χ0n) is 13.8. The van der Waals surface area contributed by atoms with Crippen molar-refractivity contribution in [2.75, 3.05) is 6.54 Å². The smallest absolute Gasteiger partial charge is 0.312 e. The fraction of sp³-hybridized carbons (Fsp3) is 0.714. The van der Waals surface area contributed by atoms with Gasteiger partial charge >= 0.3 is 6.03 Å². The molecule has 2 atom stereocenters. The third-order valence-corrected chi connectivity index (χ3v) is 3.27. The number of ketones is 1. The summed E-state index contributed by atoms with van der Waals surface area (Å²) in [5, 5.41) is 7.43. The van der Waals surface area contributed by atoms with Gasteiger partial charge in [-0.2, -0.15) is 0 Å². The van der Waals surface area contributed by atoms with Gasteiger partial charge in [-0.15, -0.1) is 0 Å². The highest BCUT2D eigenvalue weighted by Gasteiger charge is 2.27. The highest BCUT2D eigenvalue weighted by Crippen LogP contribution is 2.06. The van der Waals surface area contributed by atoms with Gasteiger partial charge in [-0.25, -0.2) is 4.79 Å². The first-order valence-electron chi connectivity index (χ1n) is 7.61. The van der Waals surface area contributed by atoms with Crippen molar-refractivity contribution in [2.45, 2.75) is 52.1 Å². The van der Waals surface area contributed by atoms with Crippen LogP contribution in [-0.2, 0) is 9.59 Å². The van der Waals surface area contributed by atoms with E-state index in [1.807, 2.05) is 0 Å². The minimum absolute atomic E-state index is 0.126. The van der Waals surface area contributed by atoms with Crippen LogP contribution in [0.2, 0.25) is 0 Å². The van der Waals surface area contributed by atoms with E-state index in [0.29, 0.717) is 19.4 Å². The maximum atomic E-state index is 12.3. The van der Waals surface area contributed by atoms with E-state index in [-0.39, 0.29) is 18.1 Å². The number of amides is 4. The molecule has 0 aromatic carbocycles. The average Bonchev–Trinajstić information content (AvgIpc) is 2.46. The van der Waals surface area contributed by atoms with E-state index in [1.54, 1.807) is 20.8 Å². The molecular weight excluding hydrogens is 299 g/mol. The minimum atomic E-state index is -0.816. The third kappa shape index (κ3) is 8.85. The molecule has 23 heavy (non-hydrogen) atoms. The van der Waals surface area contributed by atoms with Crippen LogP contribution >= 0.6 is 0 Å². The van der Waals surface area contributed by atoms with Crippen molar-refractivity contribution in [3.63, 3.8) is 0 Å². The maximum Gasteiger partial charge on any atom is 0.312 e. The Hall–Kier alpha value is -2.06. The van der Waals surface area contributed by atoms with Crippen LogP contribution in [0.4, 0.5) is 9.59 Å². The molecule has 0 aliphatic carbocycles.